The zero-order valence-electron chi connectivity index (χ0n) is 10.7. The van der Waals surface area contributed by atoms with Crippen molar-refractivity contribution in [1.29, 1.82) is 0 Å². The molecule has 0 atom stereocenters. The summed E-state index contributed by atoms with van der Waals surface area (Å²) in [6.07, 6.45) is 7.61. The highest BCUT2D eigenvalue weighted by Gasteiger charge is 2.00. The third-order valence-corrected chi connectivity index (χ3v) is 3.14. The third kappa shape index (κ3) is 2.80. The van der Waals surface area contributed by atoms with Gasteiger partial charge in [0.15, 0.2) is 0 Å². The van der Waals surface area contributed by atoms with Gasteiger partial charge in [-0.1, -0.05) is 24.3 Å². The Hall–Kier alpha value is -2.20. The molecule has 0 aliphatic rings. The van der Waals surface area contributed by atoms with E-state index in [1.165, 1.54) is 16.3 Å². The van der Waals surface area contributed by atoms with Gasteiger partial charge in [-0.3, -0.25) is 9.67 Å². The number of benzene rings is 1. The van der Waals surface area contributed by atoms with E-state index in [1.54, 1.807) is 6.20 Å². The SMILES string of the molecule is c1ccc2c(CNCCn3cccn3)cncc2c1. The lowest BCUT2D eigenvalue weighted by atomic mass is 10.1. The van der Waals surface area contributed by atoms with Gasteiger partial charge in [0.05, 0.1) is 6.54 Å². The van der Waals surface area contributed by atoms with E-state index < -0.39 is 0 Å². The molecule has 0 spiro atoms. The van der Waals surface area contributed by atoms with Gasteiger partial charge in [-0.15, -0.1) is 0 Å². The predicted molar refractivity (Wildman–Crippen MR) is 75.7 cm³/mol. The van der Waals surface area contributed by atoms with Crippen molar-refractivity contribution in [1.82, 2.24) is 20.1 Å². The molecule has 1 aromatic carbocycles. The van der Waals surface area contributed by atoms with Crippen LogP contribution in [0.5, 0.6) is 0 Å². The van der Waals surface area contributed by atoms with Gasteiger partial charge in [0.25, 0.3) is 0 Å². The number of fused-ring (bicyclic) bond motifs is 1. The Balaban J connectivity index is 1.62. The van der Waals surface area contributed by atoms with Crippen LogP contribution in [0.15, 0.2) is 55.1 Å². The summed E-state index contributed by atoms with van der Waals surface area (Å²) in [5.41, 5.74) is 1.23. The monoisotopic (exact) mass is 252 g/mol. The van der Waals surface area contributed by atoms with Crippen molar-refractivity contribution in [2.45, 2.75) is 13.1 Å². The van der Waals surface area contributed by atoms with Crippen molar-refractivity contribution in [3.63, 3.8) is 0 Å². The second kappa shape index (κ2) is 5.63. The number of nitrogens with zero attached hydrogens (tertiary/aromatic N) is 3. The standard InChI is InChI=1S/C15H16N4/c1-2-5-15-13(4-1)10-17-12-14(15)11-16-7-9-19-8-3-6-18-19/h1-6,8,10,12,16H,7,9,11H2. The highest BCUT2D eigenvalue weighted by atomic mass is 15.3. The molecule has 3 aromatic rings. The maximum atomic E-state index is 4.28. The number of rotatable bonds is 5. The molecule has 0 saturated heterocycles. The largest absolute Gasteiger partial charge is 0.311 e. The fourth-order valence-electron chi connectivity index (χ4n) is 2.17. The Morgan fingerprint density at radius 1 is 1.11 bits per heavy atom. The van der Waals surface area contributed by atoms with Crippen LogP contribution in [0.25, 0.3) is 10.8 Å². The molecule has 0 bridgehead atoms. The summed E-state index contributed by atoms with van der Waals surface area (Å²) in [5.74, 6) is 0. The van der Waals surface area contributed by atoms with E-state index in [9.17, 15) is 0 Å². The van der Waals surface area contributed by atoms with Crippen molar-refractivity contribution in [2.75, 3.05) is 6.54 Å². The fourth-order valence-corrected chi connectivity index (χ4v) is 2.17. The number of pyridine rings is 1. The normalized spacial score (nSPS) is 10.9. The van der Waals surface area contributed by atoms with E-state index in [-0.39, 0.29) is 0 Å². The van der Waals surface area contributed by atoms with E-state index in [1.807, 2.05) is 35.4 Å². The van der Waals surface area contributed by atoms with Crippen LogP contribution >= 0.6 is 0 Å². The van der Waals surface area contributed by atoms with Gasteiger partial charge >= 0.3 is 0 Å². The van der Waals surface area contributed by atoms with Crippen LogP contribution in [0.2, 0.25) is 0 Å². The summed E-state index contributed by atoms with van der Waals surface area (Å²) < 4.78 is 1.92. The lowest BCUT2D eigenvalue weighted by Gasteiger charge is -2.07. The van der Waals surface area contributed by atoms with Crippen molar-refractivity contribution in [2.24, 2.45) is 0 Å². The van der Waals surface area contributed by atoms with Crippen LogP contribution in [0.4, 0.5) is 0 Å². The summed E-state index contributed by atoms with van der Waals surface area (Å²) in [6.45, 7) is 2.60. The summed E-state index contributed by atoms with van der Waals surface area (Å²) in [4.78, 5) is 4.28. The average molecular weight is 252 g/mol. The van der Waals surface area contributed by atoms with E-state index >= 15 is 0 Å². The summed E-state index contributed by atoms with van der Waals surface area (Å²) >= 11 is 0. The Labute approximate surface area is 112 Å². The van der Waals surface area contributed by atoms with Crippen LogP contribution in [-0.2, 0) is 13.1 Å². The summed E-state index contributed by atoms with van der Waals surface area (Å²) in [6, 6.07) is 10.3. The Kier molecular flexibility index (Phi) is 3.51. The minimum atomic E-state index is 0.829. The lowest BCUT2D eigenvalue weighted by molar-refractivity contribution is 0.555. The van der Waals surface area contributed by atoms with Crippen molar-refractivity contribution in [3.8, 4) is 0 Å². The highest BCUT2D eigenvalue weighted by Crippen LogP contribution is 2.16. The first kappa shape index (κ1) is 11.9. The van der Waals surface area contributed by atoms with Crippen LogP contribution in [-0.4, -0.2) is 21.3 Å². The van der Waals surface area contributed by atoms with E-state index in [0.29, 0.717) is 0 Å². The Morgan fingerprint density at radius 3 is 2.95 bits per heavy atom. The Morgan fingerprint density at radius 2 is 2.05 bits per heavy atom. The molecule has 0 aliphatic carbocycles. The topological polar surface area (TPSA) is 42.7 Å². The molecule has 2 heterocycles. The molecule has 2 aromatic heterocycles. The minimum absolute atomic E-state index is 0.829. The van der Waals surface area contributed by atoms with Crippen molar-refractivity contribution in [3.05, 3.63) is 60.7 Å². The smallest absolute Gasteiger partial charge is 0.0534 e. The first-order chi connectivity index (χ1) is 9.43. The minimum Gasteiger partial charge on any atom is -0.311 e. The predicted octanol–water partition coefficient (Wildman–Crippen LogP) is 2.22. The zero-order valence-corrected chi connectivity index (χ0v) is 10.7. The zero-order chi connectivity index (χ0) is 12.9. The summed E-state index contributed by atoms with van der Waals surface area (Å²) in [7, 11) is 0. The van der Waals surface area contributed by atoms with Gasteiger partial charge in [0, 0.05) is 43.3 Å². The molecule has 3 rings (SSSR count). The van der Waals surface area contributed by atoms with Gasteiger partial charge < -0.3 is 5.32 Å². The molecule has 0 amide bonds. The van der Waals surface area contributed by atoms with Crippen LogP contribution < -0.4 is 5.32 Å². The molecule has 0 unspecified atom stereocenters. The molecule has 19 heavy (non-hydrogen) atoms. The number of aromatic nitrogens is 3. The fraction of sp³-hybridized carbons (Fsp3) is 0.200. The van der Waals surface area contributed by atoms with Gasteiger partial charge in [0.2, 0.25) is 0 Å². The van der Waals surface area contributed by atoms with Crippen LogP contribution in [0.3, 0.4) is 0 Å². The van der Waals surface area contributed by atoms with Crippen LogP contribution in [0.1, 0.15) is 5.56 Å². The Bertz CT molecular complexity index is 641. The van der Waals surface area contributed by atoms with Gasteiger partial charge in [-0.05, 0) is 17.0 Å². The van der Waals surface area contributed by atoms with Gasteiger partial charge in [0.1, 0.15) is 0 Å². The summed E-state index contributed by atoms with van der Waals surface area (Å²) in [5, 5.41) is 10.1. The maximum absolute atomic E-state index is 4.28. The lowest BCUT2D eigenvalue weighted by Crippen LogP contribution is -2.19. The molecule has 96 valence electrons. The first-order valence-electron chi connectivity index (χ1n) is 6.43. The van der Waals surface area contributed by atoms with E-state index in [0.717, 1.165) is 19.6 Å². The first-order valence-corrected chi connectivity index (χ1v) is 6.43. The number of nitrogens with one attached hydrogen (secondary N) is 1. The molecule has 0 saturated carbocycles. The number of hydrogen-bond acceptors (Lipinski definition) is 3. The van der Waals surface area contributed by atoms with Crippen molar-refractivity contribution < 1.29 is 0 Å². The second-order valence-corrected chi connectivity index (χ2v) is 4.47. The average Bonchev–Trinajstić information content (AvgIpc) is 2.97. The second-order valence-electron chi connectivity index (χ2n) is 4.47. The highest BCUT2D eigenvalue weighted by molar-refractivity contribution is 5.84. The van der Waals surface area contributed by atoms with Crippen molar-refractivity contribution >= 4 is 10.8 Å². The van der Waals surface area contributed by atoms with Gasteiger partial charge in [-0.25, -0.2) is 0 Å². The molecule has 0 aliphatic heterocycles. The quantitative estimate of drug-likeness (QED) is 0.708. The third-order valence-electron chi connectivity index (χ3n) is 3.14. The molecule has 0 radical (unpaired) electrons. The molecule has 0 fully saturated rings. The maximum Gasteiger partial charge on any atom is 0.0534 e. The van der Waals surface area contributed by atoms with E-state index in [2.05, 4.69) is 33.6 Å². The molecular formula is C15H16N4. The van der Waals surface area contributed by atoms with Crippen LogP contribution in [0, 0.1) is 0 Å². The molecule has 1 N–H and O–H groups in total. The molecular weight excluding hydrogens is 236 g/mol. The number of hydrogen-bond donors (Lipinski definition) is 1. The molecule has 4 nitrogen and oxygen atoms in total. The molecule has 4 heteroatoms. The van der Waals surface area contributed by atoms with E-state index in [4.69, 9.17) is 0 Å². The van der Waals surface area contributed by atoms with Gasteiger partial charge in [-0.2, -0.15) is 5.10 Å².